The lowest BCUT2D eigenvalue weighted by molar-refractivity contribution is -0.138. The van der Waals surface area contributed by atoms with Crippen molar-refractivity contribution in [3.63, 3.8) is 0 Å². The van der Waals surface area contributed by atoms with Crippen molar-refractivity contribution in [2.75, 3.05) is 11.9 Å². The fourth-order valence-corrected chi connectivity index (χ4v) is 2.77. The number of hydrogen-bond acceptors (Lipinski definition) is 2. The normalized spacial score (nSPS) is 22.4. The van der Waals surface area contributed by atoms with E-state index in [1.807, 2.05) is 7.05 Å². The molecule has 0 spiro atoms. The quantitative estimate of drug-likeness (QED) is 0.872. The molecular weight excluding hydrogens is 214 g/mol. The second-order valence-electron chi connectivity index (χ2n) is 5.11. The summed E-state index contributed by atoms with van der Waals surface area (Å²) in [7, 11) is 2.00. The van der Waals surface area contributed by atoms with Crippen LogP contribution in [0.5, 0.6) is 0 Å². The van der Waals surface area contributed by atoms with Gasteiger partial charge in [0.25, 0.3) is 0 Å². The van der Waals surface area contributed by atoms with E-state index in [9.17, 15) is 4.79 Å². The van der Waals surface area contributed by atoms with Crippen molar-refractivity contribution in [1.82, 2.24) is 0 Å². The van der Waals surface area contributed by atoms with Crippen LogP contribution in [0.1, 0.15) is 23.1 Å². The van der Waals surface area contributed by atoms with Crippen LogP contribution >= 0.6 is 0 Å². The lowest BCUT2D eigenvalue weighted by Gasteiger charge is -2.24. The Morgan fingerprint density at radius 3 is 2.24 bits per heavy atom. The average Bonchev–Trinajstić information content (AvgIpc) is 2.94. The van der Waals surface area contributed by atoms with Gasteiger partial charge in [-0.15, -0.1) is 0 Å². The number of carboxylic acids is 1. The highest BCUT2D eigenvalue weighted by Crippen LogP contribution is 2.39. The molecule has 92 valence electrons. The van der Waals surface area contributed by atoms with Crippen molar-refractivity contribution in [1.29, 1.82) is 0 Å². The lowest BCUT2D eigenvalue weighted by atomic mass is 10.0. The lowest BCUT2D eigenvalue weighted by Crippen LogP contribution is -2.25. The van der Waals surface area contributed by atoms with Crippen molar-refractivity contribution < 1.29 is 9.90 Å². The molecule has 1 aromatic carbocycles. The van der Waals surface area contributed by atoms with Gasteiger partial charge in [-0.2, -0.15) is 0 Å². The molecule has 17 heavy (non-hydrogen) atoms. The summed E-state index contributed by atoms with van der Waals surface area (Å²) in [6.07, 6.45) is 0.762. The van der Waals surface area contributed by atoms with Crippen LogP contribution in [0.2, 0.25) is 0 Å². The monoisotopic (exact) mass is 233 g/mol. The van der Waals surface area contributed by atoms with Gasteiger partial charge < -0.3 is 10.0 Å². The van der Waals surface area contributed by atoms with Crippen molar-refractivity contribution >= 4 is 11.7 Å². The van der Waals surface area contributed by atoms with E-state index >= 15 is 0 Å². The number of aliphatic carboxylic acids is 1. The third kappa shape index (κ3) is 2.14. The maximum atomic E-state index is 10.9. The van der Waals surface area contributed by atoms with Gasteiger partial charge in [0, 0.05) is 18.8 Å². The number of rotatable bonds is 3. The Morgan fingerprint density at radius 2 is 1.82 bits per heavy atom. The second kappa shape index (κ2) is 4.06. The van der Waals surface area contributed by atoms with E-state index in [-0.39, 0.29) is 12.0 Å². The molecule has 1 saturated carbocycles. The molecule has 2 atom stereocenters. The number of benzene rings is 1. The number of nitrogens with zero attached hydrogens (tertiary/aromatic N) is 1. The maximum Gasteiger partial charge on any atom is 0.308 e. The fraction of sp³-hybridized carbons (Fsp3) is 0.500. The Morgan fingerprint density at radius 1 is 1.29 bits per heavy atom. The number of aryl methyl sites for hydroxylation is 3. The third-order valence-corrected chi connectivity index (χ3v) is 3.56. The highest BCUT2D eigenvalue weighted by Gasteiger charge is 2.46. The van der Waals surface area contributed by atoms with Crippen molar-refractivity contribution in [2.45, 2.75) is 33.2 Å². The molecule has 0 heterocycles. The van der Waals surface area contributed by atoms with Crippen LogP contribution in [0.25, 0.3) is 0 Å². The summed E-state index contributed by atoms with van der Waals surface area (Å²) in [4.78, 5) is 13.0. The van der Waals surface area contributed by atoms with E-state index in [1.165, 1.54) is 22.4 Å². The molecule has 0 bridgehead atoms. The maximum absolute atomic E-state index is 10.9. The third-order valence-electron chi connectivity index (χ3n) is 3.56. The highest BCUT2D eigenvalue weighted by atomic mass is 16.4. The van der Waals surface area contributed by atoms with E-state index in [0.717, 1.165) is 6.42 Å². The molecule has 0 amide bonds. The largest absolute Gasteiger partial charge is 0.481 e. The minimum Gasteiger partial charge on any atom is -0.481 e. The zero-order chi connectivity index (χ0) is 12.7. The van der Waals surface area contributed by atoms with Gasteiger partial charge in [-0.3, -0.25) is 4.79 Å². The van der Waals surface area contributed by atoms with E-state index in [4.69, 9.17) is 5.11 Å². The van der Waals surface area contributed by atoms with Gasteiger partial charge in [-0.05, 0) is 38.3 Å². The summed E-state index contributed by atoms with van der Waals surface area (Å²) in [5.74, 6) is -0.871. The van der Waals surface area contributed by atoms with Crippen LogP contribution in [0.3, 0.4) is 0 Å². The van der Waals surface area contributed by atoms with Gasteiger partial charge in [0.15, 0.2) is 0 Å². The van der Waals surface area contributed by atoms with Gasteiger partial charge >= 0.3 is 5.97 Å². The summed E-state index contributed by atoms with van der Waals surface area (Å²) in [5, 5.41) is 8.98. The molecule has 1 aromatic rings. The summed E-state index contributed by atoms with van der Waals surface area (Å²) in [6.45, 7) is 6.26. The molecule has 1 aliphatic carbocycles. The second-order valence-corrected chi connectivity index (χ2v) is 5.11. The molecule has 2 rings (SSSR count). The molecule has 0 aliphatic heterocycles. The van der Waals surface area contributed by atoms with E-state index < -0.39 is 5.97 Å². The van der Waals surface area contributed by atoms with E-state index in [1.54, 1.807) is 0 Å². The first-order valence-corrected chi connectivity index (χ1v) is 5.95. The summed E-state index contributed by atoms with van der Waals surface area (Å²) >= 11 is 0. The molecule has 0 aromatic heterocycles. The first kappa shape index (κ1) is 12.0. The molecule has 1 aliphatic rings. The van der Waals surface area contributed by atoms with Crippen LogP contribution in [0.15, 0.2) is 12.1 Å². The minimum absolute atomic E-state index is 0.160. The zero-order valence-electron chi connectivity index (χ0n) is 10.8. The Labute approximate surface area is 102 Å². The Bertz CT molecular complexity index is 444. The first-order valence-electron chi connectivity index (χ1n) is 5.95. The molecular formula is C14H19NO2. The van der Waals surface area contributed by atoms with Crippen LogP contribution in [0.4, 0.5) is 5.69 Å². The number of carbonyl (C=O) groups is 1. The van der Waals surface area contributed by atoms with Gasteiger partial charge in [-0.1, -0.05) is 17.7 Å². The Kier molecular flexibility index (Phi) is 2.86. The van der Waals surface area contributed by atoms with Crippen LogP contribution in [-0.4, -0.2) is 24.2 Å². The molecule has 0 saturated heterocycles. The van der Waals surface area contributed by atoms with Crippen molar-refractivity contribution in [3.8, 4) is 0 Å². The zero-order valence-corrected chi connectivity index (χ0v) is 10.8. The van der Waals surface area contributed by atoms with Crippen LogP contribution in [0, 0.1) is 26.7 Å². The fourth-order valence-electron chi connectivity index (χ4n) is 2.77. The average molecular weight is 233 g/mol. The molecule has 1 fully saturated rings. The Hall–Kier alpha value is -1.51. The van der Waals surface area contributed by atoms with Crippen LogP contribution < -0.4 is 4.90 Å². The van der Waals surface area contributed by atoms with E-state index in [0.29, 0.717) is 0 Å². The summed E-state index contributed by atoms with van der Waals surface area (Å²) < 4.78 is 0. The summed E-state index contributed by atoms with van der Waals surface area (Å²) in [6, 6.07) is 4.46. The topological polar surface area (TPSA) is 40.5 Å². The predicted molar refractivity (Wildman–Crippen MR) is 68.6 cm³/mol. The summed E-state index contributed by atoms with van der Waals surface area (Å²) in [5.41, 5.74) is 4.88. The van der Waals surface area contributed by atoms with Crippen molar-refractivity contribution in [3.05, 3.63) is 28.8 Å². The van der Waals surface area contributed by atoms with Gasteiger partial charge in [-0.25, -0.2) is 0 Å². The predicted octanol–water partition coefficient (Wildman–Crippen LogP) is 2.52. The smallest absolute Gasteiger partial charge is 0.308 e. The molecule has 2 unspecified atom stereocenters. The van der Waals surface area contributed by atoms with Gasteiger partial charge in [0.2, 0.25) is 0 Å². The number of anilines is 1. The SMILES string of the molecule is Cc1cc(C)c(N(C)C2CC2C(=O)O)c(C)c1. The molecule has 3 heteroatoms. The number of carboxylic acid groups (broad SMARTS) is 1. The molecule has 0 radical (unpaired) electrons. The minimum atomic E-state index is -0.677. The van der Waals surface area contributed by atoms with Crippen molar-refractivity contribution in [2.24, 2.45) is 5.92 Å². The van der Waals surface area contributed by atoms with Gasteiger partial charge in [0.05, 0.1) is 5.92 Å². The molecule has 3 nitrogen and oxygen atoms in total. The van der Waals surface area contributed by atoms with Gasteiger partial charge in [0.1, 0.15) is 0 Å². The standard InChI is InChI=1S/C14H19NO2/c1-8-5-9(2)13(10(3)6-8)15(4)12-7-11(12)14(16)17/h5-6,11-12H,7H2,1-4H3,(H,16,17). The highest BCUT2D eigenvalue weighted by molar-refractivity contribution is 5.76. The van der Waals surface area contributed by atoms with Crippen LogP contribution in [-0.2, 0) is 4.79 Å². The van der Waals surface area contributed by atoms with E-state index in [2.05, 4.69) is 37.8 Å². The first-order chi connectivity index (χ1) is 7.91. The number of hydrogen-bond donors (Lipinski definition) is 1. The Balaban J connectivity index is 2.27. The molecule has 1 N–H and O–H groups in total.